The standard InChI is InChI=1S/C15H15F2N/c1-10-3-5-12(16)7-14(10)15-8-13(17)6-4-11(15)9-18-2/h3-8,18H,9H2,1-2H3. The van der Waals surface area contributed by atoms with Gasteiger partial charge in [0.15, 0.2) is 0 Å². The molecule has 0 saturated carbocycles. The number of halogens is 2. The predicted octanol–water partition coefficient (Wildman–Crippen LogP) is 3.66. The molecule has 0 amide bonds. The van der Waals surface area contributed by atoms with Crippen LogP contribution >= 0.6 is 0 Å². The van der Waals surface area contributed by atoms with Crippen molar-refractivity contribution in [3.05, 3.63) is 59.2 Å². The Kier molecular flexibility index (Phi) is 3.72. The molecule has 0 spiro atoms. The lowest BCUT2D eigenvalue weighted by molar-refractivity contribution is 0.624. The second kappa shape index (κ2) is 5.27. The molecule has 2 rings (SSSR count). The maximum Gasteiger partial charge on any atom is 0.123 e. The average Bonchev–Trinajstić information content (AvgIpc) is 2.35. The fourth-order valence-electron chi connectivity index (χ4n) is 2.03. The second-order valence-corrected chi connectivity index (χ2v) is 4.29. The van der Waals surface area contributed by atoms with Crippen LogP contribution in [-0.2, 0) is 6.54 Å². The highest BCUT2D eigenvalue weighted by atomic mass is 19.1. The number of rotatable bonds is 3. The number of aryl methyl sites for hydroxylation is 1. The maximum atomic E-state index is 13.4. The first-order valence-electron chi connectivity index (χ1n) is 5.81. The molecule has 94 valence electrons. The number of benzene rings is 2. The van der Waals surface area contributed by atoms with E-state index in [1.165, 1.54) is 24.3 Å². The van der Waals surface area contributed by atoms with Crippen molar-refractivity contribution in [2.24, 2.45) is 0 Å². The molecule has 1 nitrogen and oxygen atoms in total. The molecule has 0 radical (unpaired) electrons. The van der Waals surface area contributed by atoms with Crippen molar-refractivity contribution < 1.29 is 8.78 Å². The highest BCUT2D eigenvalue weighted by Crippen LogP contribution is 2.28. The van der Waals surface area contributed by atoms with Crippen molar-refractivity contribution >= 4 is 0 Å². The molecule has 2 aromatic carbocycles. The zero-order chi connectivity index (χ0) is 13.1. The van der Waals surface area contributed by atoms with Crippen LogP contribution in [-0.4, -0.2) is 7.05 Å². The van der Waals surface area contributed by atoms with Crippen molar-refractivity contribution in [2.75, 3.05) is 7.05 Å². The number of hydrogen-bond donors (Lipinski definition) is 1. The maximum absolute atomic E-state index is 13.4. The molecule has 2 aromatic rings. The van der Waals surface area contributed by atoms with Gasteiger partial charge in [-0.3, -0.25) is 0 Å². The Morgan fingerprint density at radius 2 is 1.56 bits per heavy atom. The average molecular weight is 247 g/mol. The van der Waals surface area contributed by atoms with Crippen molar-refractivity contribution in [3.63, 3.8) is 0 Å². The summed E-state index contributed by atoms with van der Waals surface area (Å²) in [5.74, 6) is -0.621. The van der Waals surface area contributed by atoms with Crippen LogP contribution in [0.5, 0.6) is 0 Å². The van der Waals surface area contributed by atoms with Crippen molar-refractivity contribution in [2.45, 2.75) is 13.5 Å². The molecular formula is C15H15F2N. The van der Waals surface area contributed by atoms with E-state index in [2.05, 4.69) is 5.32 Å². The van der Waals surface area contributed by atoms with Crippen LogP contribution in [0.4, 0.5) is 8.78 Å². The third kappa shape index (κ3) is 2.57. The van der Waals surface area contributed by atoms with E-state index >= 15 is 0 Å². The van der Waals surface area contributed by atoms with E-state index in [4.69, 9.17) is 0 Å². The summed E-state index contributed by atoms with van der Waals surface area (Å²) < 4.78 is 26.7. The Balaban J connectivity index is 2.61. The van der Waals surface area contributed by atoms with E-state index in [9.17, 15) is 8.78 Å². The molecule has 3 heteroatoms. The third-order valence-electron chi connectivity index (χ3n) is 2.93. The molecule has 0 saturated heterocycles. The first kappa shape index (κ1) is 12.7. The Bertz CT molecular complexity index is 564. The van der Waals surface area contributed by atoms with Gasteiger partial charge >= 0.3 is 0 Å². The molecule has 0 atom stereocenters. The van der Waals surface area contributed by atoms with Crippen LogP contribution in [0.1, 0.15) is 11.1 Å². The first-order valence-corrected chi connectivity index (χ1v) is 5.81. The Hall–Kier alpha value is -1.74. The van der Waals surface area contributed by atoms with Gasteiger partial charge in [-0.15, -0.1) is 0 Å². The zero-order valence-electron chi connectivity index (χ0n) is 10.4. The van der Waals surface area contributed by atoms with E-state index in [1.807, 2.05) is 14.0 Å². The highest BCUT2D eigenvalue weighted by Gasteiger charge is 2.09. The van der Waals surface area contributed by atoms with Crippen LogP contribution in [0.2, 0.25) is 0 Å². The molecular weight excluding hydrogens is 232 g/mol. The van der Waals surface area contributed by atoms with Crippen LogP contribution < -0.4 is 5.32 Å². The van der Waals surface area contributed by atoms with E-state index < -0.39 is 0 Å². The van der Waals surface area contributed by atoms with Crippen molar-refractivity contribution in [3.8, 4) is 11.1 Å². The van der Waals surface area contributed by atoms with Gasteiger partial charge in [0.2, 0.25) is 0 Å². The zero-order valence-corrected chi connectivity index (χ0v) is 10.4. The summed E-state index contributed by atoms with van der Waals surface area (Å²) in [5.41, 5.74) is 3.35. The van der Waals surface area contributed by atoms with Crippen molar-refractivity contribution in [1.82, 2.24) is 5.32 Å². The monoisotopic (exact) mass is 247 g/mol. The molecule has 0 aliphatic carbocycles. The second-order valence-electron chi connectivity index (χ2n) is 4.29. The SMILES string of the molecule is CNCc1ccc(F)cc1-c1cc(F)ccc1C. The summed E-state index contributed by atoms with van der Waals surface area (Å²) in [6, 6.07) is 9.17. The lowest BCUT2D eigenvalue weighted by atomic mass is 9.95. The molecule has 0 aliphatic heterocycles. The van der Waals surface area contributed by atoms with E-state index in [1.54, 1.807) is 12.1 Å². The number of nitrogens with one attached hydrogen (secondary N) is 1. The van der Waals surface area contributed by atoms with E-state index in [-0.39, 0.29) is 11.6 Å². The lowest BCUT2D eigenvalue weighted by Gasteiger charge is -2.12. The normalized spacial score (nSPS) is 10.7. The molecule has 0 fully saturated rings. The van der Waals surface area contributed by atoms with E-state index in [0.29, 0.717) is 6.54 Å². The molecule has 0 bridgehead atoms. The molecule has 0 heterocycles. The van der Waals surface area contributed by atoms with Gasteiger partial charge in [-0.25, -0.2) is 8.78 Å². The van der Waals surface area contributed by atoms with Crippen molar-refractivity contribution in [1.29, 1.82) is 0 Å². The highest BCUT2D eigenvalue weighted by molar-refractivity contribution is 5.70. The van der Waals surface area contributed by atoms with Crippen LogP contribution in [0, 0.1) is 18.6 Å². The topological polar surface area (TPSA) is 12.0 Å². The first-order chi connectivity index (χ1) is 8.61. The summed E-state index contributed by atoms with van der Waals surface area (Å²) in [6.07, 6.45) is 0. The summed E-state index contributed by atoms with van der Waals surface area (Å²) in [5, 5.41) is 3.03. The Labute approximate surface area is 105 Å². The van der Waals surface area contributed by atoms with Gasteiger partial charge in [0.1, 0.15) is 11.6 Å². The Morgan fingerprint density at radius 1 is 0.944 bits per heavy atom. The van der Waals surface area contributed by atoms with Gasteiger partial charge < -0.3 is 5.32 Å². The van der Waals surface area contributed by atoms with E-state index in [0.717, 1.165) is 22.3 Å². The summed E-state index contributed by atoms with van der Waals surface area (Å²) in [6.45, 7) is 2.51. The quantitative estimate of drug-likeness (QED) is 0.872. The summed E-state index contributed by atoms with van der Waals surface area (Å²) >= 11 is 0. The Morgan fingerprint density at radius 3 is 2.22 bits per heavy atom. The molecule has 0 aromatic heterocycles. The molecule has 18 heavy (non-hydrogen) atoms. The largest absolute Gasteiger partial charge is 0.316 e. The minimum absolute atomic E-state index is 0.310. The van der Waals surface area contributed by atoms with Gasteiger partial charge in [0, 0.05) is 6.54 Å². The lowest BCUT2D eigenvalue weighted by Crippen LogP contribution is -2.07. The van der Waals surface area contributed by atoms with Gasteiger partial charge in [-0.05, 0) is 60.5 Å². The van der Waals surface area contributed by atoms with Gasteiger partial charge in [-0.2, -0.15) is 0 Å². The minimum atomic E-state index is -0.312. The van der Waals surface area contributed by atoms with Gasteiger partial charge in [-0.1, -0.05) is 12.1 Å². The third-order valence-corrected chi connectivity index (χ3v) is 2.93. The molecule has 0 unspecified atom stereocenters. The van der Waals surface area contributed by atoms with Gasteiger partial charge in [0.25, 0.3) is 0 Å². The van der Waals surface area contributed by atoms with Crippen LogP contribution in [0.25, 0.3) is 11.1 Å². The fourth-order valence-corrected chi connectivity index (χ4v) is 2.03. The predicted molar refractivity (Wildman–Crippen MR) is 69.3 cm³/mol. The number of hydrogen-bond acceptors (Lipinski definition) is 1. The summed E-state index contributed by atoms with van der Waals surface area (Å²) in [4.78, 5) is 0. The summed E-state index contributed by atoms with van der Waals surface area (Å²) in [7, 11) is 1.82. The molecule has 1 N–H and O–H groups in total. The fraction of sp³-hybridized carbons (Fsp3) is 0.200. The minimum Gasteiger partial charge on any atom is -0.316 e. The molecule has 0 aliphatic rings. The van der Waals surface area contributed by atoms with Gasteiger partial charge in [0.05, 0.1) is 0 Å². The van der Waals surface area contributed by atoms with Crippen LogP contribution in [0.3, 0.4) is 0 Å². The van der Waals surface area contributed by atoms with Crippen LogP contribution in [0.15, 0.2) is 36.4 Å². The smallest absolute Gasteiger partial charge is 0.123 e.